The molecule has 8 rings (SSSR count). The summed E-state index contributed by atoms with van der Waals surface area (Å²) in [6.07, 6.45) is 1.72. The summed E-state index contributed by atoms with van der Waals surface area (Å²) in [5.41, 5.74) is 7.41. The highest BCUT2D eigenvalue weighted by atomic mass is 79.9. The minimum atomic E-state index is -0.888. The maximum atomic E-state index is 13.6. The van der Waals surface area contributed by atoms with E-state index in [0.717, 1.165) is 44.5 Å². The van der Waals surface area contributed by atoms with Crippen molar-refractivity contribution in [2.75, 3.05) is 25.7 Å². The van der Waals surface area contributed by atoms with E-state index in [1.807, 2.05) is 121 Å². The molecule has 8 aromatic rings. The minimum absolute atomic E-state index is 0.223. The lowest BCUT2D eigenvalue weighted by atomic mass is 9.77. The van der Waals surface area contributed by atoms with E-state index < -0.39 is 5.54 Å². The lowest BCUT2D eigenvalue weighted by molar-refractivity contribution is 0.310. The van der Waals surface area contributed by atoms with Gasteiger partial charge in [-0.2, -0.15) is 5.10 Å². The predicted octanol–water partition coefficient (Wildman–Crippen LogP) is 9.26. The number of aromatic nitrogens is 6. The van der Waals surface area contributed by atoms with Crippen LogP contribution in [0.2, 0.25) is 0 Å². The fraction of sp³-hybridized carbons (Fsp3) is 0.146. The lowest BCUT2D eigenvalue weighted by Crippen LogP contribution is -2.39. The predicted molar refractivity (Wildman–Crippen MR) is 235 cm³/mol. The molecule has 0 atom stereocenters. The smallest absolute Gasteiger partial charge is 0.283 e. The fourth-order valence-corrected chi connectivity index (χ4v) is 8.27. The average molecular weight is 845 g/mol. The molecule has 6 aromatic carbocycles. The van der Waals surface area contributed by atoms with Crippen LogP contribution in [-0.2, 0) is 18.6 Å². The quantitative estimate of drug-likeness (QED) is 0.100. The zero-order chi connectivity index (χ0) is 40.8. The molecule has 2 heterocycles. The van der Waals surface area contributed by atoms with E-state index in [4.69, 9.17) is 19.8 Å². The summed E-state index contributed by atoms with van der Waals surface area (Å²) in [6.45, 7) is 3.30. The van der Waals surface area contributed by atoms with Gasteiger partial charge in [0.2, 0.25) is 0 Å². The highest BCUT2D eigenvalue weighted by Crippen LogP contribution is 2.43. The molecule has 294 valence electrons. The van der Waals surface area contributed by atoms with Crippen LogP contribution in [0.3, 0.4) is 0 Å². The van der Waals surface area contributed by atoms with Crippen LogP contribution >= 0.6 is 15.9 Å². The molecule has 11 heteroatoms. The van der Waals surface area contributed by atoms with Gasteiger partial charge in [-0.05, 0) is 84.4 Å². The van der Waals surface area contributed by atoms with E-state index in [1.165, 1.54) is 4.68 Å². The van der Waals surface area contributed by atoms with Gasteiger partial charge in [-0.25, -0.2) is 9.36 Å². The average Bonchev–Trinajstić information content (AvgIpc) is 3.77. The van der Waals surface area contributed by atoms with Crippen molar-refractivity contribution in [1.82, 2.24) is 30.0 Å². The van der Waals surface area contributed by atoms with Crippen molar-refractivity contribution in [3.63, 3.8) is 0 Å². The third kappa shape index (κ3) is 7.64. The third-order valence-corrected chi connectivity index (χ3v) is 11.2. The zero-order valence-electron chi connectivity index (χ0n) is 32.9. The van der Waals surface area contributed by atoms with Crippen LogP contribution in [0.15, 0.2) is 173 Å². The van der Waals surface area contributed by atoms with Gasteiger partial charge in [0.15, 0.2) is 17.3 Å². The van der Waals surface area contributed by atoms with Gasteiger partial charge < -0.3 is 14.4 Å². The molecule has 0 saturated carbocycles. The molecular weight excluding hydrogens is 802 g/mol. The van der Waals surface area contributed by atoms with Gasteiger partial charge in [0.25, 0.3) is 5.56 Å². The van der Waals surface area contributed by atoms with Gasteiger partial charge in [0.1, 0.15) is 10.0 Å². The van der Waals surface area contributed by atoms with Crippen molar-refractivity contribution >= 4 is 21.6 Å². The van der Waals surface area contributed by atoms with E-state index in [1.54, 1.807) is 13.3 Å². The third-order valence-electron chi connectivity index (χ3n) is 10.5. The number of hydrogen-bond donors (Lipinski definition) is 0. The van der Waals surface area contributed by atoms with E-state index in [0.29, 0.717) is 47.2 Å². The molecule has 10 nitrogen and oxygen atoms in total. The van der Waals surface area contributed by atoms with Gasteiger partial charge in [-0.3, -0.25) is 4.79 Å². The highest BCUT2D eigenvalue weighted by Gasteiger charge is 2.42. The Balaban J connectivity index is 1.10. The van der Waals surface area contributed by atoms with Crippen LogP contribution in [0, 0.1) is 0 Å². The van der Waals surface area contributed by atoms with Crippen molar-refractivity contribution in [1.29, 1.82) is 0 Å². The first-order chi connectivity index (χ1) is 28.9. The van der Waals surface area contributed by atoms with Crippen LogP contribution in [0.4, 0.5) is 5.69 Å². The number of anilines is 1. The number of methoxy groups -OCH3 is 1. The lowest BCUT2D eigenvalue weighted by Gasteiger charge is -2.36. The number of hydrogen-bond acceptors (Lipinski definition) is 8. The Hall–Kier alpha value is -6.85. The normalized spacial score (nSPS) is 11.3. The van der Waals surface area contributed by atoms with Crippen LogP contribution in [0.25, 0.3) is 22.5 Å². The second kappa shape index (κ2) is 17.3. The van der Waals surface area contributed by atoms with E-state index in [9.17, 15) is 4.79 Å². The Bertz CT molecular complexity index is 2630. The summed E-state index contributed by atoms with van der Waals surface area (Å²) in [5, 5.41) is 18.3. The minimum Gasteiger partial charge on any atom is -0.493 e. The number of tetrazole rings is 1. The molecule has 2 aromatic heterocycles. The number of rotatable bonds is 14. The molecule has 0 spiro atoms. The molecule has 0 bridgehead atoms. The van der Waals surface area contributed by atoms with Crippen LogP contribution in [-0.4, -0.2) is 50.8 Å². The highest BCUT2D eigenvalue weighted by molar-refractivity contribution is 9.10. The maximum Gasteiger partial charge on any atom is 0.283 e. The Kier molecular flexibility index (Phi) is 11.5. The van der Waals surface area contributed by atoms with E-state index in [2.05, 4.69) is 86.9 Å². The van der Waals surface area contributed by atoms with Crippen LogP contribution in [0.5, 0.6) is 11.5 Å². The maximum absolute atomic E-state index is 13.6. The summed E-state index contributed by atoms with van der Waals surface area (Å²) in [6, 6.07) is 53.3. The van der Waals surface area contributed by atoms with Gasteiger partial charge in [-0.1, -0.05) is 146 Å². The molecule has 0 radical (unpaired) electrons. The molecule has 0 fully saturated rings. The second-order valence-electron chi connectivity index (χ2n) is 14.0. The fourth-order valence-electron chi connectivity index (χ4n) is 7.66. The monoisotopic (exact) mass is 843 g/mol. The molecule has 0 aliphatic heterocycles. The molecule has 0 aliphatic rings. The molecule has 59 heavy (non-hydrogen) atoms. The number of halogens is 1. The number of ether oxygens (including phenoxy) is 2. The molecule has 0 saturated heterocycles. The van der Waals surface area contributed by atoms with Crippen molar-refractivity contribution < 1.29 is 9.47 Å². The molecule has 0 unspecified atom stereocenters. The first-order valence-corrected chi connectivity index (χ1v) is 20.1. The first-order valence-electron chi connectivity index (χ1n) is 19.3. The summed E-state index contributed by atoms with van der Waals surface area (Å²) in [7, 11) is 3.55. The molecule has 0 N–H and O–H groups in total. The SMILES string of the molecule is CCOc1cc(CN(C)c2cnn(Cc3ccc(-c4ccccc4-c4nnnn4C(c4ccccc4)(c4ccccc4)c4ccccc4)cc3)c(=O)c2Br)ccc1OC. The van der Waals surface area contributed by atoms with Gasteiger partial charge in [0, 0.05) is 19.2 Å². The molecule has 0 aliphatic carbocycles. The molecular formula is C48H42BrN7O3. The number of benzene rings is 6. The van der Waals surface area contributed by atoms with Gasteiger partial charge in [-0.15, -0.1) is 5.10 Å². The topological polar surface area (TPSA) is 100 Å². The van der Waals surface area contributed by atoms with Crippen LogP contribution in [0.1, 0.15) is 34.7 Å². The first kappa shape index (κ1) is 39.0. The molecule has 0 amide bonds. The standard InChI is InChI=1S/C48H42BrN7O3/c1-4-59-44-30-35(26-29-43(44)58-3)32-54(2)42-31-50-55(47(57)45(42)49)33-34-24-27-36(28-25-34)40-22-14-15-23-41(40)46-51-52-53-56(46)48(37-16-8-5-9-17-37,38-18-10-6-11-19-38)39-20-12-7-13-21-39/h5-31H,4,32-33H2,1-3H3. The van der Waals surface area contributed by atoms with Crippen molar-refractivity contribution in [3.8, 4) is 34.0 Å². The second-order valence-corrected chi connectivity index (χ2v) is 14.8. The summed E-state index contributed by atoms with van der Waals surface area (Å²) >= 11 is 3.58. The van der Waals surface area contributed by atoms with Crippen molar-refractivity contribution in [2.24, 2.45) is 0 Å². The van der Waals surface area contributed by atoms with Gasteiger partial charge >= 0.3 is 0 Å². The van der Waals surface area contributed by atoms with Crippen LogP contribution < -0.4 is 19.9 Å². The summed E-state index contributed by atoms with van der Waals surface area (Å²) < 4.78 is 15.1. The Morgan fingerprint density at radius 1 is 0.712 bits per heavy atom. The van der Waals surface area contributed by atoms with Gasteiger partial charge in [0.05, 0.1) is 32.1 Å². The zero-order valence-corrected chi connectivity index (χ0v) is 34.5. The van der Waals surface area contributed by atoms with E-state index >= 15 is 0 Å². The van der Waals surface area contributed by atoms with Crippen molar-refractivity contribution in [2.45, 2.75) is 25.6 Å². The summed E-state index contributed by atoms with van der Waals surface area (Å²) in [4.78, 5) is 15.6. The Labute approximate surface area is 351 Å². The number of nitrogens with zero attached hydrogens (tertiary/aromatic N) is 7. The van der Waals surface area contributed by atoms with E-state index in [-0.39, 0.29) is 5.56 Å². The summed E-state index contributed by atoms with van der Waals surface area (Å²) in [5.74, 6) is 1.98. The Morgan fingerprint density at radius 3 is 1.88 bits per heavy atom. The Morgan fingerprint density at radius 2 is 1.29 bits per heavy atom. The van der Waals surface area contributed by atoms with Crippen molar-refractivity contribution in [3.05, 3.63) is 207 Å². The largest absolute Gasteiger partial charge is 0.493 e.